The topological polar surface area (TPSA) is 32.3 Å². The smallest absolute Gasteiger partial charge is 0.252 e. The van der Waals surface area contributed by atoms with Crippen molar-refractivity contribution in [3.05, 3.63) is 57.8 Å². The minimum Gasteiger partial charge on any atom is -0.350 e. The molecule has 3 nitrogen and oxygen atoms in total. The van der Waals surface area contributed by atoms with Crippen molar-refractivity contribution in [2.24, 2.45) is 0 Å². The van der Waals surface area contributed by atoms with E-state index < -0.39 is 0 Å². The van der Waals surface area contributed by atoms with Crippen molar-refractivity contribution in [2.75, 3.05) is 13.1 Å². The SMILES string of the molecule is CC(CNC(=O)c1ccsc1)N1CCc2ccccc2C1. The highest BCUT2D eigenvalue weighted by Gasteiger charge is 2.20. The fourth-order valence-electron chi connectivity index (χ4n) is 2.76. The summed E-state index contributed by atoms with van der Waals surface area (Å²) in [5.74, 6) is 0.0282. The fourth-order valence-corrected chi connectivity index (χ4v) is 3.39. The van der Waals surface area contributed by atoms with Crippen molar-refractivity contribution in [1.82, 2.24) is 10.2 Å². The molecular weight excluding hydrogens is 280 g/mol. The molecule has 0 spiro atoms. The van der Waals surface area contributed by atoms with Crippen LogP contribution in [0.2, 0.25) is 0 Å². The zero-order valence-corrected chi connectivity index (χ0v) is 13.0. The number of hydrogen-bond donors (Lipinski definition) is 1. The fraction of sp³-hybridized carbons (Fsp3) is 0.353. The number of carbonyl (C=O) groups is 1. The van der Waals surface area contributed by atoms with E-state index in [1.165, 1.54) is 11.1 Å². The van der Waals surface area contributed by atoms with Crippen LogP contribution < -0.4 is 5.32 Å². The van der Waals surface area contributed by atoms with Gasteiger partial charge in [0, 0.05) is 36.6 Å². The van der Waals surface area contributed by atoms with Gasteiger partial charge in [0.15, 0.2) is 0 Å². The first kappa shape index (κ1) is 14.3. The number of nitrogens with zero attached hydrogens (tertiary/aromatic N) is 1. The minimum atomic E-state index is 0.0282. The van der Waals surface area contributed by atoms with Gasteiger partial charge in [0.2, 0.25) is 0 Å². The molecule has 1 aliphatic rings. The molecule has 3 rings (SSSR count). The van der Waals surface area contributed by atoms with Gasteiger partial charge in [0.1, 0.15) is 0 Å². The molecular formula is C17H20N2OS. The predicted octanol–water partition coefficient (Wildman–Crippen LogP) is 2.92. The summed E-state index contributed by atoms with van der Waals surface area (Å²) in [6, 6.07) is 10.8. The molecule has 0 aliphatic carbocycles. The second kappa shape index (κ2) is 6.41. The first-order chi connectivity index (χ1) is 10.2. The first-order valence-corrected chi connectivity index (χ1v) is 8.29. The molecule has 1 aromatic carbocycles. The van der Waals surface area contributed by atoms with Crippen LogP contribution in [-0.2, 0) is 13.0 Å². The molecule has 110 valence electrons. The van der Waals surface area contributed by atoms with E-state index in [1.54, 1.807) is 11.3 Å². The molecule has 1 N–H and O–H groups in total. The Hall–Kier alpha value is -1.65. The van der Waals surface area contributed by atoms with Crippen LogP contribution in [0.15, 0.2) is 41.1 Å². The summed E-state index contributed by atoms with van der Waals surface area (Å²) in [4.78, 5) is 14.4. The highest BCUT2D eigenvalue weighted by molar-refractivity contribution is 7.08. The average Bonchev–Trinajstić information content (AvgIpc) is 3.06. The van der Waals surface area contributed by atoms with E-state index in [0.29, 0.717) is 12.6 Å². The second-order valence-corrected chi connectivity index (χ2v) is 6.34. The third-order valence-corrected chi connectivity index (χ3v) is 4.81. The van der Waals surface area contributed by atoms with Gasteiger partial charge in [0.25, 0.3) is 5.91 Å². The number of carbonyl (C=O) groups excluding carboxylic acids is 1. The molecule has 2 aromatic rings. The molecule has 0 bridgehead atoms. The Balaban J connectivity index is 1.55. The standard InChI is InChI=1S/C17H20N2OS/c1-13(10-18-17(20)16-7-9-21-12-16)19-8-6-14-4-2-3-5-15(14)11-19/h2-5,7,9,12-13H,6,8,10-11H2,1H3,(H,18,20). The maximum atomic E-state index is 12.0. The van der Waals surface area contributed by atoms with E-state index in [2.05, 4.69) is 41.4 Å². The maximum absolute atomic E-state index is 12.0. The average molecular weight is 300 g/mol. The number of benzene rings is 1. The lowest BCUT2D eigenvalue weighted by atomic mass is 9.99. The van der Waals surface area contributed by atoms with Gasteiger partial charge in [-0.25, -0.2) is 0 Å². The summed E-state index contributed by atoms with van der Waals surface area (Å²) in [5.41, 5.74) is 3.64. The van der Waals surface area contributed by atoms with Crippen molar-refractivity contribution in [1.29, 1.82) is 0 Å². The van der Waals surface area contributed by atoms with Crippen LogP contribution in [0, 0.1) is 0 Å². The van der Waals surface area contributed by atoms with Gasteiger partial charge in [0.05, 0.1) is 0 Å². The first-order valence-electron chi connectivity index (χ1n) is 7.35. The lowest BCUT2D eigenvalue weighted by Crippen LogP contribution is -2.44. The summed E-state index contributed by atoms with van der Waals surface area (Å²) in [7, 11) is 0. The summed E-state index contributed by atoms with van der Waals surface area (Å²) in [5, 5.41) is 6.85. The van der Waals surface area contributed by atoms with Crippen molar-refractivity contribution in [3.8, 4) is 0 Å². The van der Waals surface area contributed by atoms with E-state index in [-0.39, 0.29) is 5.91 Å². The van der Waals surface area contributed by atoms with Gasteiger partial charge in [-0.1, -0.05) is 24.3 Å². The Morgan fingerprint density at radius 3 is 2.90 bits per heavy atom. The highest BCUT2D eigenvalue weighted by Crippen LogP contribution is 2.20. The van der Waals surface area contributed by atoms with Crippen LogP contribution in [0.1, 0.15) is 28.4 Å². The maximum Gasteiger partial charge on any atom is 0.252 e. The largest absolute Gasteiger partial charge is 0.350 e. The Morgan fingerprint density at radius 1 is 1.33 bits per heavy atom. The molecule has 21 heavy (non-hydrogen) atoms. The number of fused-ring (bicyclic) bond motifs is 1. The third-order valence-electron chi connectivity index (χ3n) is 4.12. The van der Waals surface area contributed by atoms with Crippen LogP contribution in [0.3, 0.4) is 0 Å². The molecule has 0 radical (unpaired) electrons. The summed E-state index contributed by atoms with van der Waals surface area (Å²) >= 11 is 1.55. The molecule has 1 aliphatic heterocycles. The van der Waals surface area contributed by atoms with Gasteiger partial charge in [-0.05, 0) is 35.9 Å². The Morgan fingerprint density at radius 2 is 2.14 bits per heavy atom. The van der Waals surface area contributed by atoms with Crippen molar-refractivity contribution in [2.45, 2.75) is 25.9 Å². The molecule has 1 atom stereocenters. The van der Waals surface area contributed by atoms with Gasteiger partial charge in [-0.3, -0.25) is 9.69 Å². The van der Waals surface area contributed by atoms with Crippen LogP contribution >= 0.6 is 11.3 Å². The molecule has 2 heterocycles. The van der Waals surface area contributed by atoms with Crippen LogP contribution in [0.5, 0.6) is 0 Å². The third kappa shape index (κ3) is 3.34. The number of rotatable bonds is 4. The van der Waals surface area contributed by atoms with Crippen LogP contribution in [-0.4, -0.2) is 29.9 Å². The Bertz CT molecular complexity index is 609. The van der Waals surface area contributed by atoms with Crippen molar-refractivity contribution < 1.29 is 4.79 Å². The zero-order chi connectivity index (χ0) is 14.7. The van der Waals surface area contributed by atoms with E-state index in [4.69, 9.17) is 0 Å². The number of thiophene rings is 1. The highest BCUT2D eigenvalue weighted by atomic mass is 32.1. The Kier molecular flexibility index (Phi) is 4.36. The number of hydrogen-bond acceptors (Lipinski definition) is 3. The van der Waals surface area contributed by atoms with E-state index in [0.717, 1.165) is 25.1 Å². The van der Waals surface area contributed by atoms with E-state index in [9.17, 15) is 4.79 Å². The van der Waals surface area contributed by atoms with Gasteiger partial charge in [-0.2, -0.15) is 11.3 Å². The van der Waals surface area contributed by atoms with E-state index >= 15 is 0 Å². The quantitative estimate of drug-likeness (QED) is 0.941. The molecule has 0 saturated heterocycles. The molecule has 1 aromatic heterocycles. The number of amides is 1. The summed E-state index contributed by atoms with van der Waals surface area (Å²) in [6.07, 6.45) is 1.10. The van der Waals surface area contributed by atoms with Crippen molar-refractivity contribution in [3.63, 3.8) is 0 Å². The normalized spacial score (nSPS) is 16.2. The zero-order valence-electron chi connectivity index (χ0n) is 12.2. The molecule has 0 saturated carbocycles. The minimum absolute atomic E-state index is 0.0282. The molecule has 4 heteroatoms. The van der Waals surface area contributed by atoms with Gasteiger partial charge in [-0.15, -0.1) is 0 Å². The summed E-state index contributed by atoms with van der Waals surface area (Å²) in [6.45, 7) is 4.91. The Labute approximate surface area is 129 Å². The molecule has 1 amide bonds. The molecule has 1 unspecified atom stereocenters. The lowest BCUT2D eigenvalue weighted by molar-refractivity contribution is 0.0933. The van der Waals surface area contributed by atoms with Gasteiger partial charge < -0.3 is 5.32 Å². The van der Waals surface area contributed by atoms with Gasteiger partial charge >= 0.3 is 0 Å². The number of nitrogens with one attached hydrogen (secondary N) is 1. The summed E-state index contributed by atoms with van der Waals surface area (Å²) < 4.78 is 0. The van der Waals surface area contributed by atoms with E-state index in [1.807, 2.05) is 16.8 Å². The predicted molar refractivity (Wildman–Crippen MR) is 86.7 cm³/mol. The van der Waals surface area contributed by atoms with Crippen LogP contribution in [0.25, 0.3) is 0 Å². The van der Waals surface area contributed by atoms with Crippen LogP contribution in [0.4, 0.5) is 0 Å². The molecule has 0 fully saturated rings. The second-order valence-electron chi connectivity index (χ2n) is 5.56. The lowest BCUT2D eigenvalue weighted by Gasteiger charge is -2.33. The van der Waals surface area contributed by atoms with Crippen molar-refractivity contribution >= 4 is 17.2 Å². The monoisotopic (exact) mass is 300 g/mol.